The number of fused-ring (bicyclic) bond motifs is 1. The molecule has 0 fully saturated rings. The monoisotopic (exact) mass is 347 g/mol. The standard InChI is InChI=1S/C17H18BrNO2/c1-20-10-11-2-4-12(5-3-11)17-9-15(19)14-8-13(18)6-7-16(14)21-17/h2-8,15,17H,9-10,19H2,1H3/t15-,17?/m0/s1. The highest BCUT2D eigenvalue weighted by Crippen LogP contribution is 2.40. The number of methoxy groups -OCH3 is 1. The van der Waals surface area contributed by atoms with Gasteiger partial charge in [0.15, 0.2) is 0 Å². The molecule has 21 heavy (non-hydrogen) atoms. The van der Waals surface area contributed by atoms with Crippen LogP contribution < -0.4 is 10.5 Å². The molecular formula is C17H18BrNO2. The van der Waals surface area contributed by atoms with Crippen LogP contribution >= 0.6 is 15.9 Å². The molecule has 3 nitrogen and oxygen atoms in total. The van der Waals surface area contributed by atoms with E-state index in [2.05, 4.69) is 40.2 Å². The minimum Gasteiger partial charge on any atom is -0.485 e. The Hall–Kier alpha value is -1.36. The van der Waals surface area contributed by atoms with Gasteiger partial charge in [0.05, 0.1) is 6.61 Å². The molecule has 2 aromatic rings. The van der Waals surface area contributed by atoms with Gasteiger partial charge < -0.3 is 15.2 Å². The summed E-state index contributed by atoms with van der Waals surface area (Å²) in [6.45, 7) is 0.627. The Bertz CT molecular complexity index is 627. The van der Waals surface area contributed by atoms with Crippen molar-refractivity contribution in [3.05, 3.63) is 63.6 Å². The average Bonchev–Trinajstić information content (AvgIpc) is 2.49. The smallest absolute Gasteiger partial charge is 0.126 e. The molecule has 3 rings (SSSR count). The predicted octanol–water partition coefficient (Wildman–Crippen LogP) is 4.12. The van der Waals surface area contributed by atoms with Crippen molar-refractivity contribution in [2.45, 2.75) is 25.2 Å². The van der Waals surface area contributed by atoms with Crippen LogP contribution in [0.4, 0.5) is 0 Å². The summed E-state index contributed by atoms with van der Waals surface area (Å²) in [7, 11) is 1.70. The average molecular weight is 348 g/mol. The Morgan fingerprint density at radius 1 is 1.24 bits per heavy atom. The number of halogens is 1. The van der Waals surface area contributed by atoms with E-state index in [0.717, 1.165) is 33.3 Å². The molecule has 0 radical (unpaired) electrons. The SMILES string of the molecule is COCc1ccc(C2C[C@H](N)c3cc(Br)ccc3O2)cc1. The fourth-order valence-corrected chi connectivity index (χ4v) is 3.05. The van der Waals surface area contributed by atoms with Gasteiger partial charge in [-0.2, -0.15) is 0 Å². The Kier molecular flexibility index (Phi) is 4.29. The van der Waals surface area contributed by atoms with E-state index in [-0.39, 0.29) is 12.1 Å². The summed E-state index contributed by atoms with van der Waals surface area (Å²) in [5.74, 6) is 0.878. The minimum atomic E-state index is -0.00472. The van der Waals surface area contributed by atoms with Crippen molar-refractivity contribution in [2.75, 3.05) is 7.11 Å². The molecule has 4 heteroatoms. The highest BCUT2D eigenvalue weighted by molar-refractivity contribution is 9.10. The minimum absolute atomic E-state index is 0.00472. The summed E-state index contributed by atoms with van der Waals surface area (Å²) in [4.78, 5) is 0. The molecule has 0 spiro atoms. The van der Waals surface area contributed by atoms with Crippen LogP contribution in [0.5, 0.6) is 5.75 Å². The van der Waals surface area contributed by atoms with E-state index in [0.29, 0.717) is 6.61 Å². The third-order valence-electron chi connectivity index (χ3n) is 3.77. The quantitative estimate of drug-likeness (QED) is 0.908. The Labute approximate surface area is 133 Å². The first-order valence-electron chi connectivity index (χ1n) is 6.97. The first kappa shape index (κ1) is 14.6. The fraction of sp³-hybridized carbons (Fsp3) is 0.294. The van der Waals surface area contributed by atoms with Gasteiger partial charge in [0.2, 0.25) is 0 Å². The van der Waals surface area contributed by atoms with Crippen LogP contribution in [0.1, 0.15) is 35.3 Å². The third-order valence-corrected chi connectivity index (χ3v) is 4.26. The predicted molar refractivity (Wildman–Crippen MR) is 86.2 cm³/mol. The Balaban J connectivity index is 1.83. The zero-order chi connectivity index (χ0) is 14.8. The number of ether oxygens (including phenoxy) is 2. The molecule has 2 atom stereocenters. The van der Waals surface area contributed by atoms with Crippen LogP contribution in [0.3, 0.4) is 0 Å². The summed E-state index contributed by atoms with van der Waals surface area (Å²) < 4.78 is 12.3. The molecule has 110 valence electrons. The molecular weight excluding hydrogens is 330 g/mol. The van der Waals surface area contributed by atoms with Crippen LogP contribution in [-0.2, 0) is 11.3 Å². The van der Waals surface area contributed by atoms with Crippen molar-refractivity contribution in [2.24, 2.45) is 5.73 Å². The molecule has 0 saturated heterocycles. The topological polar surface area (TPSA) is 44.5 Å². The van der Waals surface area contributed by atoms with Crippen molar-refractivity contribution in [1.82, 2.24) is 0 Å². The molecule has 1 heterocycles. The van der Waals surface area contributed by atoms with Gasteiger partial charge in [0.25, 0.3) is 0 Å². The molecule has 2 N–H and O–H groups in total. The van der Waals surface area contributed by atoms with E-state index >= 15 is 0 Å². The number of rotatable bonds is 3. The largest absolute Gasteiger partial charge is 0.485 e. The highest BCUT2D eigenvalue weighted by atomic mass is 79.9. The van der Waals surface area contributed by atoms with Crippen molar-refractivity contribution >= 4 is 15.9 Å². The van der Waals surface area contributed by atoms with E-state index in [1.54, 1.807) is 7.11 Å². The summed E-state index contributed by atoms with van der Waals surface area (Å²) in [5.41, 5.74) is 9.68. The van der Waals surface area contributed by atoms with Crippen LogP contribution in [0.2, 0.25) is 0 Å². The number of nitrogens with two attached hydrogens (primary N) is 1. The summed E-state index contributed by atoms with van der Waals surface area (Å²) in [5, 5.41) is 0. The van der Waals surface area contributed by atoms with Crippen molar-refractivity contribution in [3.63, 3.8) is 0 Å². The van der Waals surface area contributed by atoms with Crippen molar-refractivity contribution < 1.29 is 9.47 Å². The molecule has 1 aliphatic rings. The first-order chi connectivity index (χ1) is 10.2. The second kappa shape index (κ2) is 6.18. The Morgan fingerprint density at radius 2 is 2.00 bits per heavy atom. The van der Waals surface area contributed by atoms with Gasteiger partial charge in [-0.1, -0.05) is 40.2 Å². The lowest BCUT2D eigenvalue weighted by Crippen LogP contribution is -2.24. The lowest BCUT2D eigenvalue weighted by atomic mass is 9.93. The summed E-state index contributed by atoms with van der Waals surface area (Å²) >= 11 is 3.48. The molecule has 1 unspecified atom stereocenters. The first-order valence-corrected chi connectivity index (χ1v) is 7.76. The normalized spacial score (nSPS) is 20.7. The summed E-state index contributed by atoms with van der Waals surface area (Å²) in [6, 6.07) is 14.3. The molecule has 0 aromatic heterocycles. The van der Waals surface area contributed by atoms with Gasteiger partial charge in [-0.15, -0.1) is 0 Å². The van der Waals surface area contributed by atoms with E-state index in [4.69, 9.17) is 15.2 Å². The van der Waals surface area contributed by atoms with Crippen LogP contribution in [0, 0.1) is 0 Å². The second-order valence-corrected chi connectivity index (χ2v) is 6.22. The van der Waals surface area contributed by atoms with Crippen LogP contribution in [0.15, 0.2) is 46.9 Å². The number of hydrogen-bond acceptors (Lipinski definition) is 3. The van der Waals surface area contributed by atoms with Gasteiger partial charge >= 0.3 is 0 Å². The maximum absolute atomic E-state index is 6.30. The zero-order valence-electron chi connectivity index (χ0n) is 11.9. The number of hydrogen-bond donors (Lipinski definition) is 1. The fourth-order valence-electron chi connectivity index (χ4n) is 2.67. The van der Waals surface area contributed by atoms with Crippen LogP contribution in [0.25, 0.3) is 0 Å². The van der Waals surface area contributed by atoms with Crippen molar-refractivity contribution in [1.29, 1.82) is 0 Å². The third kappa shape index (κ3) is 3.12. The van der Waals surface area contributed by atoms with Gasteiger partial charge in [-0.25, -0.2) is 0 Å². The van der Waals surface area contributed by atoms with E-state index in [9.17, 15) is 0 Å². The van der Waals surface area contributed by atoms with Gasteiger partial charge in [0.1, 0.15) is 11.9 Å². The van der Waals surface area contributed by atoms with Crippen LogP contribution in [-0.4, -0.2) is 7.11 Å². The molecule has 0 bridgehead atoms. The Morgan fingerprint density at radius 3 is 2.71 bits per heavy atom. The maximum atomic E-state index is 6.30. The molecule has 0 aliphatic carbocycles. The maximum Gasteiger partial charge on any atom is 0.126 e. The molecule has 1 aliphatic heterocycles. The molecule has 2 aromatic carbocycles. The summed E-state index contributed by atoms with van der Waals surface area (Å²) in [6.07, 6.45) is 0.790. The second-order valence-electron chi connectivity index (χ2n) is 5.31. The van der Waals surface area contributed by atoms with Gasteiger partial charge in [-0.05, 0) is 29.3 Å². The molecule has 0 saturated carbocycles. The number of benzene rings is 2. The molecule has 0 amide bonds. The lowest BCUT2D eigenvalue weighted by molar-refractivity contribution is 0.161. The van der Waals surface area contributed by atoms with Gasteiger partial charge in [-0.3, -0.25) is 0 Å². The van der Waals surface area contributed by atoms with Crippen molar-refractivity contribution in [3.8, 4) is 5.75 Å². The van der Waals surface area contributed by atoms with E-state index < -0.39 is 0 Å². The van der Waals surface area contributed by atoms with Gasteiger partial charge in [0, 0.05) is 29.6 Å². The van der Waals surface area contributed by atoms with E-state index in [1.807, 2.05) is 18.2 Å². The zero-order valence-corrected chi connectivity index (χ0v) is 13.5. The highest BCUT2D eigenvalue weighted by Gasteiger charge is 2.27. The lowest BCUT2D eigenvalue weighted by Gasteiger charge is -2.30. The van der Waals surface area contributed by atoms with E-state index in [1.165, 1.54) is 0 Å².